The molecule has 1 aliphatic carbocycles. The van der Waals surface area contributed by atoms with E-state index in [0.717, 1.165) is 12.8 Å². The molecule has 0 atom stereocenters. The maximum atomic E-state index is 11.5. The van der Waals surface area contributed by atoms with Crippen LogP contribution in [0.15, 0.2) is 17.0 Å². The number of hydrogen-bond acceptors (Lipinski definition) is 4. The number of hydrogen-bond donors (Lipinski definition) is 2. The standard InChI is InChI=1S/C11H12Cl2N2O4S/c12-10-7(19-5-9(16)15-6-1-2-6)3-4-8(11(10)13)20(14,17)18/h3-4,6H,1-2,5H2,(H,15,16)(H2,14,17,18). The summed E-state index contributed by atoms with van der Waals surface area (Å²) in [4.78, 5) is 11.2. The molecule has 0 saturated heterocycles. The number of sulfonamides is 1. The van der Waals surface area contributed by atoms with Gasteiger partial charge in [0.05, 0.1) is 5.02 Å². The van der Waals surface area contributed by atoms with Gasteiger partial charge in [-0.25, -0.2) is 13.6 Å². The predicted molar refractivity (Wildman–Crippen MR) is 74.5 cm³/mol. The number of carbonyl (C=O) groups is 1. The molecule has 0 unspecified atom stereocenters. The molecule has 1 saturated carbocycles. The minimum Gasteiger partial charge on any atom is -0.482 e. The number of rotatable bonds is 5. The van der Waals surface area contributed by atoms with Crippen LogP contribution in [0.1, 0.15) is 12.8 Å². The summed E-state index contributed by atoms with van der Waals surface area (Å²) >= 11 is 11.7. The lowest BCUT2D eigenvalue weighted by Gasteiger charge is -2.11. The number of nitrogens with two attached hydrogens (primary N) is 1. The van der Waals surface area contributed by atoms with E-state index in [2.05, 4.69) is 5.32 Å². The second kappa shape index (κ2) is 5.77. The second-order valence-corrected chi connectivity index (χ2v) is 6.65. The summed E-state index contributed by atoms with van der Waals surface area (Å²) in [7, 11) is -3.96. The molecule has 0 heterocycles. The topological polar surface area (TPSA) is 98.5 Å². The van der Waals surface area contributed by atoms with Crippen LogP contribution in [0, 0.1) is 0 Å². The molecule has 20 heavy (non-hydrogen) atoms. The van der Waals surface area contributed by atoms with Crippen LogP contribution in [0.3, 0.4) is 0 Å². The van der Waals surface area contributed by atoms with Crippen LogP contribution in [-0.2, 0) is 14.8 Å². The molecular weight excluding hydrogens is 327 g/mol. The van der Waals surface area contributed by atoms with Crippen molar-refractivity contribution in [2.75, 3.05) is 6.61 Å². The van der Waals surface area contributed by atoms with E-state index in [9.17, 15) is 13.2 Å². The summed E-state index contributed by atoms with van der Waals surface area (Å²) in [6.07, 6.45) is 1.95. The number of benzene rings is 1. The van der Waals surface area contributed by atoms with Crippen LogP contribution < -0.4 is 15.2 Å². The van der Waals surface area contributed by atoms with E-state index in [1.807, 2.05) is 0 Å². The highest BCUT2D eigenvalue weighted by Crippen LogP contribution is 2.36. The summed E-state index contributed by atoms with van der Waals surface area (Å²) in [5.41, 5.74) is 0. The van der Waals surface area contributed by atoms with Gasteiger partial charge in [0.1, 0.15) is 15.7 Å². The largest absolute Gasteiger partial charge is 0.482 e. The summed E-state index contributed by atoms with van der Waals surface area (Å²) in [5, 5.41) is 7.40. The van der Waals surface area contributed by atoms with Gasteiger partial charge in [0.15, 0.2) is 6.61 Å². The first kappa shape index (κ1) is 15.4. The van der Waals surface area contributed by atoms with E-state index >= 15 is 0 Å². The third kappa shape index (κ3) is 3.76. The van der Waals surface area contributed by atoms with E-state index in [-0.39, 0.29) is 39.2 Å². The summed E-state index contributed by atoms with van der Waals surface area (Å²) < 4.78 is 27.7. The highest BCUT2D eigenvalue weighted by atomic mass is 35.5. The molecule has 1 amide bonds. The number of amides is 1. The van der Waals surface area contributed by atoms with Crippen molar-refractivity contribution in [1.29, 1.82) is 0 Å². The molecule has 1 aromatic rings. The Balaban J connectivity index is 2.09. The normalized spacial score (nSPS) is 14.9. The van der Waals surface area contributed by atoms with Gasteiger partial charge in [-0.05, 0) is 25.0 Å². The number of ether oxygens (including phenoxy) is 1. The van der Waals surface area contributed by atoms with Gasteiger partial charge >= 0.3 is 0 Å². The van der Waals surface area contributed by atoms with Gasteiger partial charge in [-0.1, -0.05) is 23.2 Å². The van der Waals surface area contributed by atoms with Crippen LogP contribution in [0.2, 0.25) is 10.0 Å². The van der Waals surface area contributed by atoms with Crippen molar-refractivity contribution in [2.45, 2.75) is 23.8 Å². The van der Waals surface area contributed by atoms with E-state index < -0.39 is 10.0 Å². The summed E-state index contributed by atoms with van der Waals surface area (Å²) in [6, 6.07) is 2.71. The van der Waals surface area contributed by atoms with Gasteiger partial charge in [0.2, 0.25) is 10.0 Å². The minimum absolute atomic E-state index is 0.0996. The van der Waals surface area contributed by atoms with Crippen molar-refractivity contribution in [3.05, 3.63) is 22.2 Å². The van der Waals surface area contributed by atoms with Crippen molar-refractivity contribution >= 4 is 39.1 Å². The maximum Gasteiger partial charge on any atom is 0.258 e. The van der Waals surface area contributed by atoms with Gasteiger partial charge in [-0.3, -0.25) is 4.79 Å². The van der Waals surface area contributed by atoms with Gasteiger partial charge in [-0.2, -0.15) is 0 Å². The smallest absolute Gasteiger partial charge is 0.258 e. The monoisotopic (exact) mass is 338 g/mol. The molecule has 0 aromatic heterocycles. The van der Waals surface area contributed by atoms with Gasteiger partial charge < -0.3 is 10.1 Å². The number of nitrogens with one attached hydrogen (secondary N) is 1. The van der Waals surface area contributed by atoms with Crippen molar-refractivity contribution in [3.8, 4) is 5.75 Å². The Morgan fingerprint density at radius 3 is 2.55 bits per heavy atom. The van der Waals surface area contributed by atoms with Crippen LogP contribution in [-0.4, -0.2) is 27.0 Å². The third-order valence-corrected chi connectivity index (χ3v) is 4.55. The lowest BCUT2D eigenvalue weighted by Crippen LogP contribution is -2.30. The first-order valence-corrected chi connectivity index (χ1v) is 8.02. The molecule has 0 spiro atoms. The van der Waals surface area contributed by atoms with E-state index in [1.165, 1.54) is 12.1 Å². The molecule has 1 aromatic carbocycles. The van der Waals surface area contributed by atoms with Crippen LogP contribution in [0.25, 0.3) is 0 Å². The maximum absolute atomic E-state index is 11.5. The number of halogens is 2. The zero-order valence-corrected chi connectivity index (χ0v) is 12.6. The highest BCUT2D eigenvalue weighted by molar-refractivity contribution is 7.89. The van der Waals surface area contributed by atoms with Gasteiger partial charge in [0, 0.05) is 6.04 Å². The predicted octanol–water partition coefficient (Wildman–Crippen LogP) is 1.30. The average Bonchev–Trinajstić information content (AvgIpc) is 3.13. The van der Waals surface area contributed by atoms with Crippen molar-refractivity contribution in [2.24, 2.45) is 5.14 Å². The van der Waals surface area contributed by atoms with Crippen LogP contribution in [0.4, 0.5) is 0 Å². The third-order valence-electron chi connectivity index (χ3n) is 2.62. The molecule has 1 fully saturated rings. The van der Waals surface area contributed by atoms with Gasteiger partial charge in [0.25, 0.3) is 5.91 Å². The molecule has 0 radical (unpaired) electrons. The number of carbonyl (C=O) groups excluding carboxylic acids is 1. The second-order valence-electron chi connectivity index (χ2n) is 4.37. The van der Waals surface area contributed by atoms with E-state index in [4.69, 9.17) is 33.1 Å². The van der Waals surface area contributed by atoms with Crippen molar-refractivity contribution < 1.29 is 17.9 Å². The van der Waals surface area contributed by atoms with Gasteiger partial charge in [-0.15, -0.1) is 0 Å². The molecule has 2 rings (SSSR count). The molecule has 110 valence electrons. The SMILES string of the molecule is NS(=O)(=O)c1ccc(OCC(=O)NC2CC2)c(Cl)c1Cl. The minimum atomic E-state index is -3.96. The fraction of sp³-hybridized carbons (Fsp3) is 0.364. The van der Waals surface area contributed by atoms with E-state index in [0.29, 0.717) is 0 Å². The fourth-order valence-corrected chi connectivity index (χ4v) is 2.85. The Kier molecular flexibility index (Phi) is 4.43. The Hall–Kier alpha value is -1.02. The Morgan fingerprint density at radius 2 is 2.00 bits per heavy atom. The number of primary sulfonamides is 1. The zero-order chi connectivity index (χ0) is 14.9. The first-order chi connectivity index (χ1) is 9.29. The summed E-state index contributed by atoms with van der Waals surface area (Å²) in [5.74, 6) is -0.148. The fourth-order valence-electron chi connectivity index (χ4n) is 1.49. The Labute approximate surface area is 126 Å². The molecule has 1 aliphatic rings. The van der Waals surface area contributed by atoms with Crippen molar-refractivity contribution in [3.63, 3.8) is 0 Å². The molecule has 0 aliphatic heterocycles. The Morgan fingerprint density at radius 1 is 1.35 bits per heavy atom. The first-order valence-electron chi connectivity index (χ1n) is 5.72. The lowest BCUT2D eigenvalue weighted by molar-refractivity contribution is -0.123. The summed E-state index contributed by atoms with van der Waals surface area (Å²) in [6.45, 7) is -0.221. The zero-order valence-electron chi connectivity index (χ0n) is 10.2. The molecule has 9 heteroatoms. The van der Waals surface area contributed by atoms with Crippen molar-refractivity contribution in [1.82, 2.24) is 5.32 Å². The molecule has 6 nitrogen and oxygen atoms in total. The average molecular weight is 339 g/mol. The Bertz CT molecular complexity index is 644. The highest BCUT2D eigenvalue weighted by Gasteiger charge is 2.24. The molecule has 3 N–H and O–H groups in total. The lowest BCUT2D eigenvalue weighted by atomic mass is 10.3. The van der Waals surface area contributed by atoms with Crippen LogP contribution >= 0.6 is 23.2 Å². The molecule has 0 bridgehead atoms. The molecular formula is C11H12Cl2N2O4S. The quantitative estimate of drug-likeness (QED) is 0.845. The van der Waals surface area contributed by atoms with E-state index in [1.54, 1.807) is 0 Å². The van der Waals surface area contributed by atoms with Crippen LogP contribution in [0.5, 0.6) is 5.75 Å².